The van der Waals surface area contributed by atoms with Gasteiger partial charge >= 0.3 is 0 Å². The van der Waals surface area contributed by atoms with Gasteiger partial charge in [-0.05, 0) is 207 Å². The molecule has 0 fully saturated rings. The van der Waals surface area contributed by atoms with Crippen molar-refractivity contribution in [2.24, 2.45) is 54.4 Å². The van der Waals surface area contributed by atoms with Gasteiger partial charge in [0.1, 0.15) is 46.5 Å². The number of benzene rings is 6. The lowest BCUT2D eigenvalue weighted by Gasteiger charge is -2.32. The third kappa shape index (κ3) is 37.0. The molecule has 14 rings (SSSR count). The Morgan fingerprint density at radius 3 is 0.973 bits per heavy atom. The predicted molar refractivity (Wildman–Crippen MR) is 594 cm³/mol. The summed E-state index contributed by atoms with van der Waals surface area (Å²) in [6.45, 7) is 45.5. The van der Waals surface area contributed by atoms with Crippen LogP contribution in [0.4, 0.5) is 0 Å². The molecule has 14 aromatic rings. The van der Waals surface area contributed by atoms with Crippen LogP contribution < -0.4 is 18.9 Å². The van der Waals surface area contributed by atoms with Gasteiger partial charge in [-0.2, -0.15) is 18.9 Å². The van der Waals surface area contributed by atoms with E-state index in [-0.39, 0.29) is 103 Å². The Morgan fingerprint density at radius 1 is 0.353 bits per heavy atom. The summed E-state index contributed by atoms with van der Waals surface area (Å²) in [6.07, 6.45) is 13.6. The summed E-state index contributed by atoms with van der Waals surface area (Å²) >= 11 is 3.29. The number of amides is 4. The smallest absolute Gasteiger partial charge is 0.241 e. The maximum absolute atomic E-state index is 14.1. The van der Waals surface area contributed by atoms with Gasteiger partial charge in [-0.15, -0.1) is 22.7 Å². The first-order valence-electron chi connectivity index (χ1n) is 51.5. The summed E-state index contributed by atoms with van der Waals surface area (Å²) in [5.74, 6) is 1.21. The van der Waals surface area contributed by atoms with Crippen LogP contribution in [-0.2, 0) is 105 Å². The molecule has 4 N–H and O–H groups in total. The first kappa shape index (κ1) is 119. The number of unbranched alkanes of at least 4 members (excludes halogenated alkanes) is 1. The summed E-state index contributed by atoms with van der Waals surface area (Å²) in [6, 6.07) is 47.8. The molecule has 150 heavy (non-hydrogen) atoms. The van der Waals surface area contributed by atoms with Crippen LogP contribution in [0.3, 0.4) is 0 Å². The van der Waals surface area contributed by atoms with Gasteiger partial charge in [0.25, 0.3) is 0 Å². The number of imidazole rings is 1. The number of aryl methyl sites for hydroxylation is 3. The average molecular weight is 2170 g/mol. The van der Waals surface area contributed by atoms with Crippen molar-refractivity contribution in [2.75, 3.05) is 65.4 Å². The SMILES string of the molecule is CC(C)CN(CC(C)C)C(=O)[C@H](CCN(Cc1ccccc1)Cc1ccccc1)NS(=O)(=O)c1ccc2occc2c1.CC(C)CN(CC(C)C)C(=O)[C@H](Cc1ccccn1)NS(=O)(=O)c1ccc2occc2c1.CC(C)CN(CC(C)C)C(=O)[C@H](Cc1cncn1C)NS(=O)(=O)c1ccc2occc2c1.Cc1nc(CN(CCCC[C@H](NS(=O)(=O)c2ccc3occc3c2)C(=O)N(CC(C)C)CC(C)C)Cc2csc(C)n2)cs1. The van der Waals surface area contributed by atoms with Crippen molar-refractivity contribution in [3.63, 3.8) is 0 Å². The standard InChI is InChI=1S/C34H43N3O4S.C32H45N5O4S3.C24H31N3O4S.C23H32N4O4S/c1-26(2)22-37(23-27(3)4)34(38)32(35-42(39,40)31-15-16-33-30(21-31)18-20-41-33)17-19-36(24-28-11-7-5-8-12-28)25-29-13-9-6-10-14-29;1-22(2)16-37(17-23(3)4)32(38)30(35-44(39,40)29-10-11-31-26(15-29)12-14-41-31)9-7-8-13-36(18-27-20-42-24(5)33-27)19-28-21-43-25(6)34-28;1-17(2)15-27(16-18(3)4)24(28)22(14-20-7-5-6-11-25-20)26-32(29,30)21-8-9-23-19(13-21)10-12-31-23;1-16(2)13-27(14-17(3)4)23(28)21(11-19-12-24-15-26(19)5)25-32(29,30)20-6-7-22-18(10-20)8-9-31-22/h5-16,18,20-21,26-27,32,35H,17,19,22-25H2,1-4H3;10-12,14-15,20-23,30,35H,7-9,13,16-19H2,1-6H3;5-13,17-18,22,26H,14-16H2,1-4H3;6-10,12,15-17,21,25H,11,13-14H2,1-5H3/t32-;30-;22-;21-/m0000/s1. The highest BCUT2D eigenvalue weighted by molar-refractivity contribution is 7.90. The fourth-order valence-corrected chi connectivity index (χ4v) is 23.9. The summed E-state index contributed by atoms with van der Waals surface area (Å²) < 4.78 is 142. The second kappa shape index (κ2) is 56.2. The topological polar surface area (TPSA) is 381 Å². The van der Waals surface area contributed by atoms with Crippen molar-refractivity contribution in [2.45, 2.75) is 233 Å². The molecule has 0 aliphatic carbocycles. The van der Waals surface area contributed by atoms with Gasteiger partial charge in [0.2, 0.25) is 63.7 Å². The number of furan rings is 4. The molecule has 0 unspecified atom stereocenters. The van der Waals surface area contributed by atoms with E-state index in [4.69, 9.17) is 17.7 Å². The molecule has 0 aliphatic heterocycles. The third-order valence-electron chi connectivity index (χ3n) is 24.3. The van der Waals surface area contributed by atoms with E-state index < -0.39 is 64.3 Å². The van der Waals surface area contributed by atoms with Crippen LogP contribution in [-0.4, -0.2) is 201 Å². The van der Waals surface area contributed by atoms with Crippen molar-refractivity contribution in [3.05, 3.63) is 274 Å². The average Bonchev–Trinajstić information content (AvgIpc) is 1.46. The van der Waals surface area contributed by atoms with Crippen LogP contribution in [0.2, 0.25) is 0 Å². The number of carbonyl (C=O) groups excluding carboxylic acids is 4. The van der Waals surface area contributed by atoms with E-state index in [1.807, 2.05) is 129 Å². The van der Waals surface area contributed by atoms with E-state index in [0.717, 1.165) is 51.2 Å². The number of thiazole rings is 2. The van der Waals surface area contributed by atoms with E-state index in [1.54, 1.807) is 141 Å². The van der Waals surface area contributed by atoms with Crippen molar-refractivity contribution in [1.82, 2.24) is 72.8 Å². The van der Waals surface area contributed by atoms with Gasteiger partial charge in [-0.25, -0.2) is 48.6 Å². The number of nitrogens with zero attached hydrogens (tertiary/aromatic N) is 11. The van der Waals surface area contributed by atoms with E-state index >= 15 is 0 Å². The molecule has 6 aromatic carbocycles. The minimum atomic E-state index is -3.99. The van der Waals surface area contributed by atoms with E-state index in [0.29, 0.717) is 154 Å². The second-order valence-electron chi connectivity index (χ2n) is 41.9. The molecule has 0 saturated carbocycles. The summed E-state index contributed by atoms with van der Waals surface area (Å²) in [7, 11) is -14.0. The molecule has 0 saturated heterocycles. The van der Waals surface area contributed by atoms with Crippen LogP contribution in [0.25, 0.3) is 43.9 Å². The predicted octanol–water partition coefficient (Wildman–Crippen LogP) is 20.0. The van der Waals surface area contributed by atoms with Crippen LogP contribution in [0.15, 0.2) is 268 Å². The first-order chi connectivity index (χ1) is 71.2. The Hall–Kier alpha value is -11.5. The molecule has 0 radical (unpaired) electrons. The maximum atomic E-state index is 14.1. The number of hydrogen-bond acceptors (Lipinski definition) is 24. The third-order valence-corrected chi connectivity index (χ3v) is 31.8. The second-order valence-corrected chi connectivity index (χ2v) is 50.9. The molecule has 31 nitrogen and oxygen atoms in total. The van der Waals surface area contributed by atoms with E-state index in [1.165, 1.54) is 49.3 Å². The zero-order chi connectivity index (χ0) is 109. The Kier molecular flexibility index (Phi) is 44.5. The molecule has 810 valence electrons. The molecule has 4 amide bonds. The van der Waals surface area contributed by atoms with Crippen LogP contribution in [0, 0.1) is 61.2 Å². The fraction of sp³-hybridized carbons (Fsp3) is 0.451. The molecule has 0 bridgehead atoms. The number of pyridine rings is 1. The summed E-state index contributed by atoms with van der Waals surface area (Å²) in [5.41, 5.74) is 8.23. The van der Waals surface area contributed by atoms with Gasteiger partial charge in [0, 0.05) is 161 Å². The lowest BCUT2D eigenvalue weighted by atomic mass is 10.1. The molecule has 37 heteroatoms. The van der Waals surface area contributed by atoms with Crippen molar-refractivity contribution in [3.8, 4) is 0 Å². The van der Waals surface area contributed by atoms with Gasteiger partial charge in [-0.3, -0.25) is 34.0 Å². The van der Waals surface area contributed by atoms with Crippen LogP contribution in [0.5, 0.6) is 0 Å². The van der Waals surface area contributed by atoms with E-state index in [9.17, 15) is 52.8 Å². The van der Waals surface area contributed by atoms with Crippen LogP contribution in [0.1, 0.15) is 180 Å². The highest BCUT2D eigenvalue weighted by Gasteiger charge is 2.37. The maximum Gasteiger partial charge on any atom is 0.241 e. The lowest BCUT2D eigenvalue weighted by molar-refractivity contribution is -0.135. The van der Waals surface area contributed by atoms with Crippen molar-refractivity contribution >= 4 is 130 Å². The van der Waals surface area contributed by atoms with Gasteiger partial charge in [-0.1, -0.05) is 184 Å². The number of hydrogen-bond donors (Lipinski definition) is 4. The zero-order valence-electron chi connectivity index (χ0n) is 89.9. The highest BCUT2D eigenvalue weighted by atomic mass is 32.2. The number of carbonyl (C=O) groups is 4. The Bertz CT molecular complexity index is 6980. The normalized spacial score (nSPS) is 13.0. The fourth-order valence-electron chi connectivity index (χ4n) is 17.8. The minimum absolute atomic E-state index is 0.0875. The molecule has 8 aromatic heterocycles. The molecule has 0 aliphatic rings. The van der Waals surface area contributed by atoms with Gasteiger partial charge < -0.3 is 41.8 Å². The number of nitrogens with one attached hydrogen (secondary N) is 4. The Labute approximate surface area is 894 Å². The van der Waals surface area contributed by atoms with Gasteiger partial charge in [0.15, 0.2) is 0 Å². The van der Waals surface area contributed by atoms with E-state index in [2.05, 4.69) is 139 Å². The van der Waals surface area contributed by atoms with Crippen LogP contribution >= 0.6 is 22.7 Å². The highest BCUT2D eigenvalue weighted by Crippen LogP contribution is 2.30. The Morgan fingerprint density at radius 2 is 0.667 bits per heavy atom. The Balaban J connectivity index is 0.000000192. The summed E-state index contributed by atoms with van der Waals surface area (Å²) in [4.78, 5) is 85.1. The van der Waals surface area contributed by atoms with Gasteiger partial charge in [0.05, 0.1) is 72.4 Å². The summed E-state index contributed by atoms with van der Waals surface area (Å²) in [5, 5.41) is 9.02. The number of rotatable bonds is 52. The molecule has 8 heterocycles. The quantitative estimate of drug-likeness (QED) is 0.0257. The number of aromatic nitrogens is 5. The largest absolute Gasteiger partial charge is 0.464 e. The van der Waals surface area contributed by atoms with Crippen molar-refractivity contribution in [1.29, 1.82) is 0 Å². The molecular formula is C113H151N15O16S6. The monoisotopic (exact) mass is 2170 g/mol. The molecule has 0 spiro atoms. The number of fused-ring (bicyclic) bond motifs is 4. The zero-order valence-corrected chi connectivity index (χ0v) is 94.8. The lowest BCUT2D eigenvalue weighted by Crippen LogP contribution is -2.51. The number of sulfonamides is 4. The minimum Gasteiger partial charge on any atom is -0.464 e. The molecule has 4 atom stereocenters. The first-order valence-corrected chi connectivity index (χ1v) is 59.2. The molecular weight excluding hydrogens is 2020 g/mol. The van der Waals surface area contributed by atoms with Crippen molar-refractivity contribution < 1.29 is 70.5 Å².